The van der Waals surface area contributed by atoms with Gasteiger partial charge in [-0.25, -0.2) is 8.78 Å². The maximum atomic E-state index is 13.6. The molecular formula is C15H10BrF5. The Morgan fingerprint density at radius 3 is 2.14 bits per heavy atom. The summed E-state index contributed by atoms with van der Waals surface area (Å²) in [5.41, 5.74) is -0.0160. The third-order valence-electron chi connectivity index (χ3n) is 3.02. The Balaban J connectivity index is 2.16. The summed E-state index contributed by atoms with van der Waals surface area (Å²) < 4.78 is 64.1. The molecule has 112 valence electrons. The highest BCUT2D eigenvalue weighted by Crippen LogP contribution is 2.32. The summed E-state index contributed by atoms with van der Waals surface area (Å²) in [5, 5.41) is 0. The summed E-state index contributed by atoms with van der Waals surface area (Å²) in [7, 11) is 0. The second kappa shape index (κ2) is 6.13. The molecule has 2 aromatic carbocycles. The third kappa shape index (κ3) is 3.81. The molecule has 0 bridgehead atoms. The van der Waals surface area contributed by atoms with Crippen LogP contribution in [0.4, 0.5) is 22.0 Å². The topological polar surface area (TPSA) is 0 Å². The Bertz CT molecular complexity index is 619. The lowest BCUT2D eigenvalue weighted by Crippen LogP contribution is -2.05. The highest BCUT2D eigenvalue weighted by molar-refractivity contribution is 9.09. The van der Waals surface area contributed by atoms with Crippen LogP contribution in [0.1, 0.15) is 21.5 Å². The molecule has 0 aliphatic heterocycles. The Morgan fingerprint density at radius 2 is 1.57 bits per heavy atom. The number of halogens is 6. The first-order chi connectivity index (χ1) is 9.79. The van der Waals surface area contributed by atoms with E-state index in [1.54, 1.807) is 0 Å². The van der Waals surface area contributed by atoms with Crippen LogP contribution in [-0.2, 0) is 12.6 Å². The molecule has 0 aliphatic carbocycles. The predicted octanol–water partition coefficient (Wildman–Crippen LogP) is 5.66. The molecule has 0 nitrogen and oxygen atoms in total. The van der Waals surface area contributed by atoms with Crippen LogP contribution in [0.25, 0.3) is 0 Å². The molecule has 21 heavy (non-hydrogen) atoms. The maximum Gasteiger partial charge on any atom is 0.416 e. The molecular weight excluding hydrogens is 355 g/mol. The van der Waals surface area contributed by atoms with Crippen molar-refractivity contribution < 1.29 is 22.0 Å². The van der Waals surface area contributed by atoms with Crippen LogP contribution in [0.3, 0.4) is 0 Å². The first-order valence-corrected chi connectivity index (χ1v) is 6.94. The van der Waals surface area contributed by atoms with E-state index < -0.39 is 28.2 Å². The minimum absolute atomic E-state index is 0.134. The number of hydrogen-bond donors (Lipinski definition) is 0. The molecule has 0 spiro atoms. The zero-order chi connectivity index (χ0) is 15.6. The highest BCUT2D eigenvalue weighted by Gasteiger charge is 2.30. The van der Waals surface area contributed by atoms with Gasteiger partial charge in [-0.05, 0) is 30.2 Å². The summed E-state index contributed by atoms with van der Waals surface area (Å²) in [6.45, 7) is 0. The van der Waals surface area contributed by atoms with Gasteiger partial charge in [-0.2, -0.15) is 13.2 Å². The quantitative estimate of drug-likeness (QED) is 0.486. The standard InChI is InChI=1S/C15H10BrF5/c16-12(11-2-1-3-13(17)14(11)18)8-9-4-6-10(7-5-9)15(19,20)21/h1-7,12H,8H2. The molecule has 0 fully saturated rings. The second-order valence-corrected chi connectivity index (χ2v) is 5.61. The van der Waals surface area contributed by atoms with Gasteiger partial charge in [-0.15, -0.1) is 0 Å². The molecule has 2 rings (SSSR count). The molecule has 0 aromatic heterocycles. The second-order valence-electron chi connectivity index (χ2n) is 4.51. The SMILES string of the molecule is Fc1cccc(C(Br)Cc2ccc(C(F)(F)F)cc2)c1F. The molecule has 1 unspecified atom stereocenters. The minimum atomic E-state index is -4.39. The van der Waals surface area contributed by atoms with Gasteiger partial charge in [0.05, 0.1) is 5.56 Å². The van der Waals surface area contributed by atoms with E-state index in [4.69, 9.17) is 0 Å². The van der Waals surface area contributed by atoms with Gasteiger partial charge in [0.2, 0.25) is 0 Å². The van der Waals surface area contributed by atoms with Crippen LogP contribution in [0.15, 0.2) is 42.5 Å². The van der Waals surface area contributed by atoms with Gasteiger partial charge in [0, 0.05) is 10.4 Å². The summed E-state index contributed by atoms with van der Waals surface area (Å²) >= 11 is 3.24. The molecule has 0 heterocycles. The van der Waals surface area contributed by atoms with Gasteiger partial charge < -0.3 is 0 Å². The Labute approximate surface area is 126 Å². The molecule has 6 heteroatoms. The molecule has 0 N–H and O–H groups in total. The molecule has 0 radical (unpaired) electrons. The van der Waals surface area contributed by atoms with Gasteiger partial charge in [0.1, 0.15) is 0 Å². The van der Waals surface area contributed by atoms with Crippen molar-refractivity contribution in [2.24, 2.45) is 0 Å². The molecule has 0 saturated heterocycles. The Hall–Kier alpha value is -1.43. The van der Waals surface area contributed by atoms with Crippen molar-refractivity contribution in [1.82, 2.24) is 0 Å². The van der Waals surface area contributed by atoms with E-state index in [1.165, 1.54) is 24.3 Å². The van der Waals surface area contributed by atoms with E-state index in [2.05, 4.69) is 15.9 Å². The number of rotatable bonds is 3. The summed E-state index contributed by atoms with van der Waals surface area (Å²) in [6.07, 6.45) is -4.14. The van der Waals surface area contributed by atoms with Crippen LogP contribution >= 0.6 is 15.9 Å². The monoisotopic (exact) mass is 364 g/mol. The van der Waals surface area contributed by atoms with E-state index in [0.29, 0.717) is 5.56 Å². The molecule has 1 atom stereocenters. The summed E-state index contributed by atoms with van der Waals surface area (Å²) in [5.74, 6) is -1.91. The normalized spacial score (nSPS) is 13.2. The third-order valence-corrected chi connectivity index (χ3v) is 3.83. The minimum Gasteiger partial charge on any atom is -0.204 e. The molecule has 2 aromatic rings. The van der Waals surface area contributed by atoms with Crippen molar-refractivity contribution in [2.45, 2.75) is 17.4 Å². The van der Waals surface area contributed by atoms with Gasteiger partial charge in [0.25, 0.3) is 0 Å². The fourth-order valence-electron chi connectivity index (χ4n) is 1.91. The summed E-state index contributed by atoms with van der Waals surface area (Å²) in [6, 6.07) is 8.42. The van der Waals surface area contributed by atoms with E-state index in [9.17, 15) is 22.0 Å². The zero-order valence-electron chi connectivity index (χ0n) is 10.6. The highest BCUT2D eigenvalue weighted by atomic mass is 79.9. The predicted molar refractivity (Wildman–Crippen MR) is 73.2 cm³/mol. The van der Waals surface area contributed by atoms with Crippen molar-refractivity contribution >= 4 is 15.9 Å². The molecule has 0 aliphatic rings. The van der Waals surface area contributed by atoms with Crippen LogP contribution < -0.4 is 0 Å². The van der Waals surface area contributed by atoms with Crippen molar-refractivity contribution in [1.29, 1.82) is 0 Å². The van der Waals surface area contributed by atoms with Gasteiger partial charge >= 0.3 is 6.18 Å². The van der Waals surface area contributed by atoms with E-state index >= 15 is 0 Å². The number of hydrogen-bond acceptors (Lipinski definition) is 0. The van der Waals surface area contributed by atoms with Gasteiger partial charge in [-0.1, -0.05) is 40.2 Å². The molecule has 0 saturated carbocycles. The number of alkyl halides is 4. The van der Waals surface area contributed by atoms with E-state index in [-0.39, 0.29) is 12.0 Å². The zero-order valence-corrected chi connectivity index (χ0v) is 12.2. The lowest BCUT2D eigenvalue weighted by Gasteiger charge is -2.13. The van der Waals surface area contributed by atoms with E-state index in [0.717, 1.165) is 18.2 Å². The van der Waals surface area contributed by atoms with Crippen LogP contribution in [0, 0.1) is 11.6 Å². The first kappa shape index (κ1) is 15.9. The van der Waals surface area contributed by atoms with Crippen molar-refractivity contribution in [3.8, 4) is 0 Å². The molecule has 0 amide bonds. The maximum absolute atomic E-state index is 13.6. The fraction of sp³-hybridized carbons (Fsp3) is 0.200. The van der Waals surface area contributed by atoms with Crippen molar-refractivity contribution in [3.63, 3.8) is 0 Å². The fourth-order valence-corrected chi connectivity index (χ4v) is 2.64. The van der Waals surface area contributed by atoms with E-state index in [1.807, 2.05) is 0 Å². The Kier molecular flexibility index (Phi) is 4.66. The smallest absolute Gasteiger partial charge is 0.204 e. The average molecular weight is 365 g/mol. The first-order valence-electron chi connectivity index (χ1n) is 6.03. The number of benzene rings is 2. The van der Waals surface area contributed by atoms with Crippen molar-refractivity contribution in [2.75, 3.05) is 0 Å². The van der Waals surface area contributed by atoms with Crippen LogP contribution in [-0.4, -0.2) is 0 Å². The van der Waals surface area contributed by atoms with Gasteiger partial charge in [-0.3, -0.25) is 0 Å². The lowest BCUT2D eigenvalue weighted by atomic mass is 10.0. The van der Waals surface area contributed by atoms with Crippen LogP contribution in [0.2, 0.25) is 0 Å². The van der Waals surface area contributed by atoms with Crippen LogP contribution in [0.5, 0.6) is 0 Å². The summed E-state index contributed by atoms with van der Waals surface area (Å²) in [4.78, 5) is -0.523. The lowest BCUT2D eigenvalue weighted by molar-refractivity contribution is -0.137. The Morgan fingerprint density at radius 1 is 0.952 bits per heavy atom. The van der Waals surface area contributed by atoms with Crippen molar-refractivity contribution in [3.05, 3.63) is 70.8 Å². The largest absolute Gasteiger partial charge is 0.416 e. The van der Waals surface area contributed by atoms with Gasteiger partial charge in [0.15, 0.2) is 11.6 Å². The average Bonchev–Trinajstić information content (AvgIpc) is 2.41.